The van der Waals surface area contributed by atoms with Gasteiger partial charge in [-0.3, -0.25) is 4.79 Å². The van der Waals surface area contributed by atoms with Gasteiger partial charge < -0.3 is 4.74 Å². The standard InChI is InChI=1S/C7H3F9O2/c1-18-3(5(9,10)4(8)17)2(6(11,12)13)7(14,15)16/h1H3. The van der Waals surface area contributed by atoms with Crippen molar-refractivity contribution < 1.29 is 49.0 Å². The zero-order valence-electron chi connectivity index (χ0n) is 8.22. The van der Waals surface area contributed by atoms with Crippen molar-refractivity contribution >= 4 is 6.04 Å². The number of hydrogen-bond donors (Lipinski definition) is 0. The lowest BCUT2D eigenvalue weighted by molar-refractivity contribution is -0.184. The Labute approximate surface area is 93.0 Å². The molecule has 0 amide bonds. The van der Waals surface area contributed by atoms with Crippen LogP contribution < -0.4 is 0 Å². The zero-order chi connectivity index (χ0) is 14.9. The zero-order valence-corrected chi connectivity index (χ0v) is 8.22. The maximum Gasteiger partial charge on any atom is 0.424 e. The van der Waals surface area contributed by atoms with Crippen molar-refractivity contribution in [1.82, 2.24) is 0 Å². The summed E-state index contributed by atoms with van der Waals surface area (Å²) < 4.78 is 112. The first kappa shape index (κ1) is 16.6. The molecule has 0 rings (SSSR count). The molecule has 0 heterocycles. The summed E-state index contributed by atoms with van der Waals surface area (Å²) in [6.45, 7) is 0. The van der Waals surface area contributed by atoms with Crippen molar-refractivity contribution in [2.75, 3.05) is 7.11 Å². The fourth-order valence-electron chi connectivity index (χ4n) is 0.895. The third-order valence-corrected chi connectivity index (χ3v) is 1.53. The minimum absolute atomic E-state index is 0.0175. The average Bonchev–Trinajstić information content (AvgIpc) is 2.08. The van der Waals surface area contributed by atoms with Gasteiger partial charge in [-0.2, -0.15) is 39.5 Å². The third kappa shape index (κ3) is 3.29. The van der Waals surface area contributed by atoms with Crippen LogP contribution in [0.5, 0.6) is 0 Å². The van der Waals surface area contributed by atoms with Crippen LogP contribution in [0.4, 0.5) is 39.5 Å². The highest BCUT2D eigenvalue weighted by molar-refractivity contribution is 5.80. The smallest absolute Gasteiger partial charge is 0.424 e. The molecule has 0 aromatic rings. The van der Waals surface area contributed by atoms with Gasteiger partial charge in [-0.25, -0.2) is 0 Å². The summed E-state index contributed by atoms with van der Waals surface area (Å²) >= 11 is 0. The summed E-state index contributed by atoms with van der Waals surface area (Å²) in [6.07, 6.45) is -12.6. The van der Waals surface area contributed by atoms with Gasteiger partial charge in [0, 0.05) is 0 Å². The minimum atomic E-state index is -6.30. The molecule has 0 aromatic heterocycles. The molecule has 0 saturated heterocycles. The molecule has 0 aliphatic heterocycles. The maximum atomic E-state index is 12.6. The highest BCUT2D eigenvalue weighted by Gasteiger charge is 2.60. The molecule has 2 nitrogen and oxygen atoms in total. The molecule has 11 heteroatoms. The number of ether oxygens (including phenoxy) is 1. The van der Waals surface area contributed by atoms with Crippen molar-refractivity contribution in [3.63, 3.8) is 0 Å². The Morgan fingerprint density at radius 1 is 0.889 bits per heavy atom. The van der Waals surface area contributed by atoms with Gasteiger partial charge in [0.1, 0.15) is 0 Å². The molecule has 0 unspecified atom stereocenters. The van der Waals surface area contributed by atoms with Crippen LogP contribution >= 0.6 is 0 Å². The summed E-state index contributed by atoms with van der Waals surface area (Å²) in [5.74, 6) is -8.83. The highest BCUT2D eigenvalue weighted by Crippen LogP contribution is 2.44. The van der Waals surface area contributed by atoms with Crippen LogP contribution in [-0.4, -0.2) is 31.4 Å². The van der Waals surface area contributed by atoms with E-state index in [0.717, 1.165) is 0 Å². The van der Waals surface area contributed by atoms with E-state index < -0.39 is 35.6 Å². The van der Waals surface area contributed by atoms with Crippen LogP contribution in [0.1, 0.15) is 0 Å². The third-order valence-electron chi connectivity index (χ3n) is 1.53. The number of alkyl halides is 8. The SMILES string of the molecule is COC(=C(C(F)(F)F)C(F)(F)F)C(F)(F)C(=O)F. The fourth-order valence-corrected chi connectivity index (χ4v) is 0.895. The summed E-state index contributed by atoms with van der Waals surface area (Å²) in [5.41, 5.74) is -3.78. The first-order chi connectivity index (χ1) is 7.76. The Morgan fingerprint density at radius 2 is 1.22 bits per heavy atom. The molecular formula is C7H3F9O2. The van der Waals surface area contributed by atoms with Gasteiger partial charge in [0.05, 0.1) is 7.11 Å². The highest BCUT2D eigenvalue weighted by atomic mass is 19.4. The van der Waals surface area contributed by atoms with Crippen molar-refractivity contribution in [2.45, 2.75) is 18.3 Å². The van der Waals surface area contributed by atoms with Crippen molar-refractivity contribution in [1.29, 1.82) is 0 Å². The Balaban J connectivity index is 6.23. The van der Waals surface area contributed by atoms with Crippen LogP contribution in [0.2, 0.25) is 0 Å². The second kappa shape index (κ2) is 4.69. The summed E-state index contributed by atoms with van der Waals surface area (Å²) in [7, 11) is 0.0175. The molecule has 0 N–H and O–H groups in total. The van der Waals surface area contributed by atoms with Gasteiger partial charge in [0.15, 0.2) is 11.3 Å². The van der Waals surface area contributed by atoms with E-state index in [1.165, 1.54) is 0 Å². The van der Waals surface area contributed by atoms with Crippen LogP contribution in [0.25, 0.3) is 0 Å². The topological polar surface area (TPSA) is 26.3 Å². The predicted octanol–water partition coefficient (Wildman–Crippen LogP) is 3.14. The fraction of sp³-hybridized carbons (Fsp3) is 0.571. The lowest BCUT2D eigenvalue weighted by Crippen LogP contribution is -2.37. The summed E-state index contributed by atoms with van der Waals surface area (Å²) in [5, 5.41) is 0. The molecule has 0 aliphatic rings. The van der Waals surface area contributed by atoms with Gasteiger partial charge in [0.25, 0.3) is 0 Å². The molecule has 0 saturated carbocycles. The summed E-state index contributed by atoms with van der Waals surface area (Å²) in [4.78, 5) is 9.76. The number of methoxy groups -OCH3 is 1. The van der Waals surface area contributed by atoms with Gasteiger partial charge in [-0.15, -0.1) is 0 Å². The van der Waals surface area contributed by atoms with E-state index in [4.69, 9.17) is 0 Å². The molecule has 0 aromatic carbocycles. The van der Waals surface area contributed by atoms with Crippen LogP contribution in [0, 0.1) is 0 Å². The molecule has 0 aliphatic carbocycles. The van der Waals surface area contributed by atoms with Gasteiger partial charge in [-0.1, -0.05) is 0 Å². The van der Waals surface area contributed by atoms with Crippen molar-refractivity contribution in [3.8, 4) is 0 Å². The molecule has 0 fully saturated rings. The lowest BCUT2D eigenvalue weighted by Gasteiger charge is -2.22. The minimum Gasteiger partial charge on any atom is -0.494 e. The van der Waals surface area contributed by atoms with Crippen molar-refractivity contribution in [2.24, 2.45) is 0 Å². The second-order valence-electron chi connectivity index (χ2n) is 2.75. The van der Waals surface area contributed by atoms with E-state index in [0.29, 0.717) is 0 Å². The molecule has 106 valence electrons. The van der Waals surface area contributed by atoms with Gasteiger partial charge in [-0.05, 0) is 0 Å². The molecule has 0 radical (unpaired) electrons. The number of hydrogen-bond acceptors (Lipinski definition) is 2. The number of carbonyl (C=O) groups is 1. The predicted molar refractivity (Wildman–Crippen MR) is 37.2 cm³/mol. The average molecular weight is 290 g/mol. The van der Waals surface area contributed by atoms with E-state index in [2.05, 4.69) is 4.74 Å². The van der Waals surface area contributed by atoms with Crippen LogP contribution in [-0.2, 0) is 9.53 Å². The van der Waals surface area contributed by atoms with E-state index in [-0.39, 0.29) is 7.11 Å². The second-order valence-corrected chi connectivity index (χ2v) is 2.75. The Hall–Kier alpha value is -1.42. The number of carbonyl (C=O) groups excluding carboxylic acids is 1. The largest absolute Gasteiger partial charge is 0.494 e. The Bertz CT molecular complexity index is 346. The summed E-state index contributed by atoms with van der Waals surface area (Å²) in [6, 6.07) is -3.70. The first-order valence-corrected chi connectivity index (χ1v) is 3.77. The van der Waals surface area contributed by atoms with Crippen LogP contribution in [0.3, 0.4) is 0 Å². The van der Waals surface area contributed by atoms with Crippen LogP contribution in [0.15, 0.2) is 11.3 Å². The van der Waals surface area contributed by atoms with Gasteiger partial charge >= 0.3 is 24.3 Å². The van der Waals surface area contributed by atoms with Crippen molar-refractivity contribution in [3.05, 3.63) is 11.3 Å². The molecular weight excluding hydrogens is 287 g/mol. The molecule has 0 bridgehead atoms. The Morgan fingerprint density at radius 3 is 1.39 bits per heavy atom. The molecule has 0 atom stereocenters. The molecule has 18 heavy (non-hydrogen) atoms. The quantitative estimate of drug-likeness (QED) is 0.453. The van der Waals surface area contributed by atoms with E-state index in [9.17, 15) is 44.3 Å². The van der Waals surface area contributed by atoms with E-state index in [1.807, 2.05) is 0 Å². The maximum absolute atomic E-state index is 12.6. The number of rotatable bonds is 3. The monoisotopic (exact) mass is 290 g/mol. The van der Waals surface area contributed by atoms with E-state index in [1.54, 1.807) is 0 Å². The number of allylic oxidation sites excluding steroid dienone is 2. The first-order valence-electron chi connectivity index (χ1n) is 3.77. The number of halogens is 9. The normalized spacial score (nSPS) is 13.2. The Kier molecular flexibility index (Phi) is 4.32. The van der Waals surface area contributed by atoms with E-state index >= 15 is 0 Å². The molecule has 0 spiro atoms. The lowest BCUT2D eigenvalue weighted by atomic mass is 10.1. The van der Waals surface area contributed by atoms with Gasteiger partial charge in [0.2, 0.25) is 0 Å².